The molecule has 1 aliphatic heterocycles. The maximum Gasteiger partial charge on any atom is 0.232 e. The van der Waals surface area contributed by atoms with E-state index in [9.17, 15) is 4.79 Å². The lowest BCUT2D eigenvalue weighted by molar-refractivity contribution is -0.129. The van der Waals surface area contributed by atoms with Gasteiger partial charge in [0.25, 0.3) is 0 Å². The number of likely N-dealkylation sites (N-methyl/N-ethyl adjacent to an activating group) is 1. The first kappa shape index (κ1) is 13.8. The molecule has 1 amide bonds. The first-order valence-electron chi connectivity index (χ1n) is 5.87. The minimum atomic E-state index is 0.280. The summed E-state index contributed by atoms with van der Waals surface area (Å²) in [5.74, 6) is 2.37. The third-order valence-corrected chi connectivity index (χ3v) is 4.14. The van der Waals surface area contributed by atoms with Gasteiger partial charge in [0.2, 0.25) is 5.91 Å². The van der Waals surface area contributed by atoms with E-state index in [1.54, 1.807) is 11.8 Å². The molecule has 0 aromatic carbocycles. The van der Waals surface area contributed by atoms with Crippen molar-refractivity contribution in [2.45, 2.75) is 6.92 Å². The van der Waals surface area contributed by atoms with Gasteiger partial charge in [-0.2, -0.15) is 11.8 Å². The van der Waals surface area contributed by atoms with E-state index in [-0.39, 0.29) is 5.91 Å². The number of thioether (sulfide) groups is 1. The zero-order chi connectivity index (χ0) is 12.0. The van der Waals surface area contributed by atoms with Gasteiger partial charge in [-0.3, -0.25) is 4.79 Å². The van der Waals surface area contributed by atoms with Gasteiger partial charge in [0, 0.05) is 26.2 Å². The van der Waals surface area contributed by atoms with Crippen LogP contribution in [0.5, 0.6) is 0 Å². The summed E-state index contributed by atoms with van der Waals surface area (Å²) in [5, 5.41) is 0. The molecule has 0 radical (unpaired) electrons. The van der Waals surface area contributed by atoms with Crippen LogP contribution in [-0.2, 0) is 4.79 Å². The van der Waals surface area contributed by atoms with Crippen molar-refractivity contribution >= 4 is 17.7 Å². The standard InChI is InChI=1S/C11H23N3OS/c1-10(7-12)8-16-9-11(15)14-5-3-13(2)4-6-14/h10H,3-9,12H2,1-2H3. The van der Waals surface area contributed by atoms with Crippen LogP contribution >= 0.6 is 11.8 Å². The molecule has 1 rings (SSSR count). The van der Waals surface area contributed by atoms with E-state index in [4.69, 9.17) is 5.73 Å². The average molecular weight is 245 g/mol. The maximum absolute atomic E-state index is 11.8. The Kier molecular flexibility index (Phi) is 6.16. The Morgan fingerprint density at radius 2 is 2.00 bits per heavy atom. The Morgan fingerprint density at radius 1 is 1.38 bits per heavy atom. The Labute approximate surface area is 103 Å². The highest BCUT2D eigenvalue weighted by molar-refractivity contribution is 7.99. The van der Waals surface area contributed by atoms with Crippen molar-refractivity contribution in [2.24, 2.45) is 11.7 Å². The van der Waals surface area contributed by atoms with E-state index >= 15 is 0 Å². The average Bonchev–Trinajstić information content (AvgIpc) is 2.29. The molecule has 1 fully saturated rings. The number of carbonyl (C=O) groups is 1. The largest absolute Gasteiger partial charge is 0.339 e. The lowest BCUT2D eigenvalue weighted by atomic mass is 10.2. The normalized spacial score (nSPS) is 19.8. The smallest absolute Gasteiger partial charge is 0.232 e. The van der Waals surface area contributed by atoms with Crippen molar-refractivity contribution in [3.05, 3.63) is 0 Å². The predicted octanol–water partition coefficient (Wildman–Crippen LogP) is 0.0884. The van der Waals surface area contributed by atoms with Crippen LogP contribution in [0.1, 0.15) is 6.92 Å². The molecule has 1 unspecified atom stereocenters. The van der Waals surface area contributed by atoms with E-state index in [0.29, 0.717) is 18.2 Å². The van der Waals surface area contributed by atoms with Gasteiger partial charge in [-0.1, -0.05) is 6.92 Å². The molecule has 16 heavy (non-hydrogen) atoms. The highest BCUT2D eigenvalue weighted by atomic mass is 32.2. The molecule has 4 nitrogen and oxygen atoms in total. The molecule has 0 spiro atoms. The highest BCUT2D eigenvalue weighted by Gasteiger charge is 2.18. The van der Waals surface area contributed by atoms with Crippen LogP contribution in [0.25, 0.3) is 0 Å². The highest BCUT2D eigenvalue weighted by Crippen LogP contribution is 2.09. The van der Waals surface area contributed by atoms with Crippen LogP contribution in [0.15, 0.2) is 0 Å². The molecule has 1 saturated heterocycles. The van der Waals surface area contributed by atoms with Gasteiger partial charge in [-0.15, -0.1) is 0 Å². The topological polar surface area (TPSA) is 49.6 Å². The number of hydrogen-bond acceptors (Lipinski definition) is 4. The molecular weight excluding hydrogens is 222 g/mol. The number of nitrogens with two attached hydrogens (primary N) is 1. The Bertz CT molecular complexity index is 217. The zero-order valence-corrected chi connectivity index (χ0v) is 11.1. The number of amides is 1. The summed E-state index contributed by atoms with van der Waals surface area (Å²) in [6.45, 7) is 6.57. The fourth-order valence-corrected chi connectivity index (χ4v) is 2.58. The quantitative estimate of drug-likeness (QED) is 0.746. The van der Waals surface area contributed by atoms with Crippen molar-refractivity contribution in [3.63, 3.8) is 0 Å². The number of carbonyl (C=O) groups excluding carboxylic acids is 1. The number of rotatable bonds is 5. The lowest BCUT2D eigenvalue weighted by Gasteiger charge is -2.32. The summed E-state index contributed by atoms with van der Waals surface area (Å²) in [4.78, 5) is 16.1. The number of nitrogens with zero attached hydrogens (tertiary/aromatic N) is 2. The molecule has 2 N–H and O–H groups in total. The van der Waals surface area contributed by atoms with Gasteiger partial charge in [0.1, 0.15) is 0 Å². The molecule has 0 saturated carbocycles. The molecule has 0 aromatic rings. The lowest BCUT2D eigenvalue weighted by Crippen LogP contribution is -2.47. The summed E-state index contributed by atoms with van der Waals surface area (Å²) >= 11 is 1.70. The van der Waals surface area contributed by atoms with E-state index < -0.39 is 0 Å². The van der Waals surface area contributed by atoms with Gasteiger partial charge in [-0.25, -0.2) is 0 Å². The van der Waals surface area contributed by atoms with Gasteiger partial charge in [0.05, 0.1) is 5.75 Å². The van der Waals surface area contributed by atoms with Crippen molar-refractivity contribution < 1.29 is 4.79 Å². The summed E-state index contributed by atoms with van der Waals surface area (Å²) in [5.41, 5.74) is 5.53. The third kappa shape index (κ3) is 4.72. The monoisotopic (exact) mass is 245 g/mol. The first-order chi connectivity index (χ1) is 7.63. The van der Waals surface area contributed by atoms with Gasteiger partial charge in [-0.05, 0) is 25.3 Å². The second kappa shape index (κ2) is 7.14. The van der Waals surface area contributed by atoms with Crippen molar-refractivity contribution in [2.75, 3.05) is 51.3 Å². The maximum atomic E-state index is 11.8. The van der Waals surface area contributed by atoms with Crippen LogP contribution in [0.3, 0.4) is 0 Å². The molecule has 0 aliphatic carbocycles. The molecular formula is C11H23N3OS. The number of hydrogen-bond donors (Lipinski definition) is 1. The summed E-state index contributed by atoms with van der Waals surface area (Å²) in [6, 6.07) is 0. The van der Waals surface area contributed by atoms with Crippen LogP contribution in [-0.4, -0.2) is 67.0 Å². The van der Waals surface area contributed by atoms with E-state index in [1.165, 1.54) is 0 Å². The van der Waals surface area contributed by atoms with E-state index in [1.807, 2.05) is 4.90 Å². The molecule has 94 valence electrons. The molecule has 5 heteroatoms. The summed E-state index contributed by atoms with van der Waals surface area (Å²) in [7, 11) is 2.10. The van der Waals surface area contributed by atoms with Gasteiger partial charge < -0.3 is 15.5 Å². The molecule has 0 aromatic heterocycles. The van der Waals surface area contributed by atoms with Crippen molar-refractivity contribution in [3.8, 4) is 0 Å². The summed E-state index contributed by atoms with van der Waals surface area (Å²) in [6.07, 6.45) is 0. The Balaban J connectivity index is 2.15. The second-order valence-electron chi connectivity index (χ2n) is 4.54. The first-order valence-corrected chi connectivity index (χ1v) is 7.03. The van der Waals surface area contributed by atoms with Gasteiger partial charge in [0.15, 0.2) is 0 Å². The summed E-state index contributed by atoms with van der Waals surface area (Å²) < 4.78 is 0. The molecule has 0 bridgehead atoms. The number of piperazine rings is 1. The third-order valence-electron chi connectivity index (χ3n) is 2.89. The fraction of sp³-hybridized carbons (Fsp3) is 0.909. The molecule has 1 heterocycles. The van der Waals surface area contributed by atoms with Crippen LogP contribution in [0.2, 0.25) is 0 Å². The van der Waals surface area contributed by atoms with E-state index in [2.05, 4.69) is 18.9 Å². The van der Waals surface area contributed by atoms with Crippen LogP contribution in [0.4, 0.5) is 0 Å². The van der Waals surface area contributed by atoms with E-state index in [0.717, 1.165) is 31.9 Å². The van der Waals surface area contributed by atoms with Crippen LogP contribution in [0, 0.1) is 5.92 Å². The van der Waals surface area contributed by atoms with Crippen LogP contribution < -0.4 is 5.73 Å². The van der Waals surface area contributed by atoms with Crippen molar-refractivity contribution in [1.82, 2.24) is 9.80 Å². The zero-order valence-electron chi connectivity index (χ0n) is 10.3. The Hall–Kier alpha value is -0.260. The predicted molar refractivity (Wildman–Crippen MR) is 69.6 cm³/mol. The minimum absolute atomic E-state index is 0.280. The Morgan fingerprint density at radius 3 is 2.56 bits per heavy atom. The fourth-order valence-electron chi connectivity index (χ4n) is 1.56. The SMILES string of the molecule is CC(CN)CSCC(=O)N1CCN(C)CC1. The molecule has 1 aliphatic rings. The van der Waals surface area contributed by atoms with Gasteiger partial charge >= 0.3 is 0 Å². The second-order valence-corrected chi connectivity index (χ2v) is 5.57. The van der Waals surface area contributed by atoms with Crippen molar-refractivity contribution in [1.29, 1.82) is 0 Å². The minimum Gasteiger partial charge on any atom is -0.339 e. The molecule has 1 atom stereocenters.